The van der Waals surface area contributed by atoms with Crippen LogP contribution in [0, 0.1) is 0 Å². The van der Waals surface area contributed by atoms with Crippen LogP contribution in [0.25, 0.3) is 11.0 Å². The molecule has 3 nitrogen and oxygen atoms in total. The minimum absolute atomic E-state index is 0.222. The maximum atomic E-state index is 10.9. The molecule has 0 aliphatic carbocycles. The van der Waals surface area contributed by atoms with Gasteiger partial charge in [0.15, 0.2) is 5.58 Å². The van der Waals surface area contributed by atoms with Gasteiger partial charge in [-0.05, 0) is 29.8 Å². The van der Waals surface area contributed by atoms with Crippen molar-refractivity contribution in [2.45, 2.75) is 0 Å². The molecule has 0 radical (unpaired) electrons. The standard InChI is InChI=1S/C9H4Cl2O2.CHClO/c10-6-3-5-1-2-8(12)13-9(5)7(11)4-6;2-1-3/h1-4H;1H. The summed E-state index contributed by atoms with van der Waals surface area (Å²) in [6.45, 7) is 0. The lowest BCUT2D eigenvalue weighted by Gasteiger charge is -1.98. The molecule has 0 aliphatic heterocycles. The molecule has 0 saturated carbocycles. The molecule has 0 spiro atoms. The fourth-order valence-electron chi connectivity index (χ4n) is 1.10. The van der Waals surface area contributed by atoms with E-state index in [-0.39, 0.29) is 5.75 Å². The summed E-state index contributed by atoms with van der Waals surface area (Å²) < 4.78 is 4.90. The third-order valence-corrected chi connectivity index (χ3v) is 2.14. The Morgan fingerprint density at radius 1 is 1.19 bits per heavy atom. The topological polar surface area (TPSA) is 47.3 Å². The van der Waals surface area contributed by atoms with E-state index in [1.807, 2.05) is 0 Å². The van der Waals surface area contributed by atoms with Crippen LogP contribution in [-0.4, -0.2) is 5.75 Å². The van der Waals surface area contributed by atoms with Gasteiger partial charge in [0, 0.05) is 16.5 Å². The monoisotopic (exact) mass is 278 g/mol. The Kier molecular flexibility index (Phi) is 4.80. The van der Waals surface area contributed by atoms with Crippen LogP contribution in [-0.2, 0) is 4.79 Å². The third-order valence-electron chi connectivity index (χ3n) is 1.64. The van der Waals surface area contributed by atoms with Crippen molar-refractivity contribution in [2.24, 2.45) is 0 Å². The first-order chi connectivity index (χ1) is 7.58. The second-order valence-corrected chi connectivity index (χ2v) is 3.67. The molecule has 0 fully saturated rings. The molecule has 16 heavy (non-hydrogen) atoms. The Balaban J connectivity index is 0.000000386. The quantitative estimate of drug-likeness (QED) is 0.421. The number of fused-ring (bicyclic) bond motifs is 1. The summed E-state index contributed by atoms with van der Waals surface area (Å²) in [6.07, 6.45) is 0. The summed E-state index contributed by atoms with van der Waals surface area (Å²) in [4.78, 5) is 19.4. The zero-order chi connectivity index (χ0) is 12.1. The minimum Gasteiger partial charge on any atom is -0.421 e. The maximum Gasteiger partial charge on any atom is 0.336 e. The lowest BCUT2D eigenvalue weighted by Crippen LogP contribution is -1.94. The second-order valence-electron chi connectivity index (χ2n) is 2.65. The molecule has 0 aliphatic rings. The average Bonchev–Trinajstić information content (AvgIpc) is 2.20. The molecule has 0 amide bonds. The van der Waals surface area contributed by atoms with Crippen molar-refractivity contribution in [1.82, 2.24) is 0 Å². The lowest BCUT2D eigenvalue weighted by molar-refractivity contribution is 0.561. The number of hydrogen-bond donors (Lipinski definition) is 0. The van der Waals surface area contributed by atoms with E-state index in [1.54, 1.807) is 12.1 Å². The van der Waals surface area contributed by atoms with E-state index in [1.165, 1.54) is 12.1 Å². The number of halogens is 3. The molecule has 2 aromatic rings. The molecule has 0 N–H and O–H groups in total. The molecule has 2 rings (SSSR count). The van der Waals surface area contributed by atoms with Crippen molar-refractivity contribution >= 4 is 51.5 Å². The first-order valence-corrected chi connectivity index (χ1v) is 5.20. The molecule has 0 atom stereocenters. The predicted octanol–water partition coefficient (Wildman–Crippen LogP) is 3.52. The van der Waals surface area contributed by atoms with Crippen molar-refractivity contribution in [1.29, 1.82) is 0 Å². The highest BCUT2D eigenvalue weighted by atomic mass is 35.5. The summed E-state index contributed by atoms with van der Waals surface area (Å²) in [5.74, 6) is 0.222. The zero-order valence-corrected chi connectivity index (χ0v) is 10.0. The molecule has 84 valence electrons. The van der Waals surface area contributed by atoms with Crippen molar-refractivity contribution < 1.29 is 9.21 Å². The van der Waals surface area contributed by atoms with Crippen molar-refractivity contribution in [3.05, 3.63) is 44.7 Å². The van der Waals surface area contributed by atoms with Gasteiger partial charge in [0.1, 0.15) is 0 Å². The lowest BCUT2D eigenvalue weighted by atomic mass is 10.2. The summed E-state index contributed by atoms with van der Waals surface area (Å²) >= 11 is 15.9. The predicted molar refractivity (Wildman–Crippen MR) is 65.1 cm³/mol. The number of rotatable bonds is 0. The first-order valence-electron chi connectivity index (χ1n) is 4.01. The van der Waals surface area contributed by atoms with Gasteiger partial charge in [-0.2, -0.15) is 0 Å². The van der Waals surface area contributed by atoms with E-state index < -0.39 is 5.63 Å². The van der Waals surface area contributed by atoms with Gasteiger partial charge in [0.05, 0.1) is 5.02 Å². The van der Waals surface area contributed by atoms with Crippen LogP contribution in [0.3, 0.4) is 0 Å². The zero-order valence-electron chi connectivity index (χ0n) is 7.75. The highest BCUT2D eigenvalue weighted by molar-refractivity contribution is 6.54. The fourth-order valence-corrected chi connectivity index (χ4v) is 1.65. The highest BCUT2D eigenvalue weighted by Gasteiger charge is 2.03. The van der Waals surface area contributed by atoms with Gasteiger partial charge >= 0.3 is 5.63 Å². The maximum absolute atomic E-state index is 10.9. The molecule has 0 saturated heterocycles. The Bertz CT molecular complexity index is 563. The molecule has 6 heteroatoms. The SMILES string of the molecule is O=CCl.O=c1ccc2cc(Cl)cc(Cl)c2o1. The van der Waals surface area contributed by atoms with Gasteiger partial charge in [-0.15, -0.1) is 0 Å². The average molecular weight is 280 g/mol. The number of benzene rings is 1. The van der Waals surface area contributed by atoms with E-state index in [0.29, 0.717) is 15.6 Å². The van der Waals surface area contributed by atoms with Gasteiger partial charge < -0.3 is 4.42 Å². The largest absolute Gasteiger partial charge is 0.421 e. The summed E-state index contributed by atoms with van der Waals surface area (Å²) in [7, 11) is 0. The van der Waals surface area contributed by atoms with Gasteiger partial charge in [-0.1, -0.05) is 23.2 Å². The Morgan fingerprint density at radius 3 is 2.44 bits per heavy atom. The van der Waals surface area contributed by atoms with E-state index in [0.717, 1.165) is 5.39 Å². The second kappa shape index (κ2) is 5.89. The molecule has 1 aromatic heterocycles. The van der Waals surface area contributed by atoms with Crippen LogP contribution in [0.1, 0.15) is 0 Å². The highest BCUT2D eigenvalue weighted by Crippen LogP contribution is 2.26. The minimum atomic E-state index is -0.420. The summed E-state index contributed by atoms with van der Waals surface area (Å²) in [5, 5.41) is 1.59. The Labute approximate surface area is 106 Å². The normalized spacial score (nSPS) is 9.44. The van der Waals surface area contributed by atoms with Crippen LogP contribution in [0.4, 0.5) is 0 Å². The summed E-state index contributed by atoms with van der Waals surface area (Å²) in [5.41, 5.74) is -0.0460. The van der Waals surface area contributed by atoms with Crippen LogP contribution in [0.15, 0.2) is 33.5 Å². The third kappa shape index (κ3) is 3.23. The van der Waals surface area contributed by atoms with Gasteiger partial charge in [0.25, 0.3) is 0 Å². The number of carbonyl (C=O) groups excluding carboxylic acids is 1. The van der Waals surface area contributed by atoms with Crippen LogP contribution < -0.4 is 5.63 Å². The van der Waals surface area contributed by atoms with E-state index >= 15 is 0 Å². The van der Waals surface area contributed by atoms with Gasteiger partial charge in [-0.25, -0.2) is 4.79 Å². The Morgan fingerprint density at radius 2 is 1.81 bits per heavy atom. The van der Waals surface area contributed by atoms with E-state index in [9.17, 15) is 4.79 Å². The van der Waals surface area contributed by atoms with E-state index in [2.05, 4.69) is 11.6 Å². The van der Waals surface area contributed by atoms with E-state index in [4.69, 9.17) is 32.4 Å². The van der Waals surface area contributed by atoms with Gasteiger partial charge in [-0.3, -0.25) is 4.79 Å². The Hall–Kier alpha value is -1.03. The first kappa shape index (κ1) is 13.0. The molecule has 0 bridgehead atoms. The molecular weight excluding hydrogens is 274 g/mol. The van der Waals surface area contributed by atoms with Crippen molar-refractivity contribution in [3.63, 3.8) is 0 Å². The van der Waals surface area contributed by atoms with Crippen LogP contribution >= 0.6 is 34.8 Å². The molecule has 1 heterocycles. The fraction of sp³-hybridized carbons (Fsp3) is 0. The van der Waals surface area contributed by atoms with Crippen LogP contribution in [0.2, 0.25) is 10.0 Å². The molecule has 1 aromatic carbocycles. The van der Waals surface area contributed by atoms with Crippen molar-refractivity contribution in [2.75, 3.05) is 0 Å². The smallest absolute Gasteiger partial charge is 0.336 e. The molecular formula is C10H5Cl3O3. The number of hydrogen-bond acceptors (Lipinski definition) is 3. The van der Waals surface area contributed by atoms with Crippen LogP contribution in [0.5, 0.6) is 0 Å². The summed E-state index contributed by atoms with van der Waals surface area (Å²) in [6, 6.07) is 6.17. The van der Waals surface area contributed by atoms with Gasteiger partial charge in [0.2, 0.25) is 5.75 Å². The molecule has 0 unspecified atom stereocenters. The number of carbonyl (C=O) groups is 1. The van der Waals surface area contributed by atoms with Crippen molar-refractivity contribution in [3.8, 4) is 0 Å².